The Kier molecular flexibility index (Phi) is 4.69. The van der Waals surface area contributed by atoms with Gasteiger partial charge in [-0.25, -0.2) is 13.1 Å². The van der Waals surface area contributed by atoms with E-state index in [0.717, 1.165) is 27.9 Å². The van der Waals surface area contributed by atoms with Crippen LogP contribution in [0.1, 0.15) is 16.7 Å². The lowest BCUT2D eigenvalue weighted by molar-refractivity contribution is 0.580. The van der Waals surface area contributed by atoms with E-state index in [2.05, 4.69) is 14.8 Å². The van der Waals surface area contributed by atoms with E-state index in [-0.39, 0.29) is 6.54 Å². The highest BCUT2D eigenvalue weighted by Crippen LogP contribution is 2.19. The molecule has 3 rings (SSSR count). The minimum atomic E-state index is -3.58. The Morgan fingerprint density at radius 1 is 1.12 bits per heavy atom. The number of rotatable bonds is 5. The van der Waals surface area contributed by atoms with E-state index < -0.39 is 10.0 Å². The van der Waals surface area contributed by atoms with Gasteiger partial charge in [0.1, 0.15) is 0 Å². The third-order valence-electron chi connectivity index (χ3n) is 4.00. The highest BCUT2D eigenvalue weighted by molar-refractivity contribution is 7.89. The van der Waals surface area contributed by atoms with Gasteiger partial charge in [0.15, 0.2) is 0 Å². The van der Waals surface area contributed by atoms with Crippen LogP contribution in [0.2, 0.25) is 0 Å². The quantitative estimate of drug-likeness (QED) is 0.762. The van der Waals surface area contributed by atoms with Crippen LogP contribution in [0, 0.1) is 13.8 Å². The summed E-state index contributed by atoms with van der Waals surface area (Å²) < 4.78 is 29.5. The number of nitrogens with zero attached hydrogens (tertiary/aromatic N) is 3. The van der Waals surface area contributed by atoms with E-state index >= 15 is 0 Å². The number of benzene rings is 1. The van der Waals surface area contributed by atoms with Gasteiger partial charge >= 0.3 is 0 Å². The maximum Gasteiger partial charge on any atom is 0.241 e. The summed E-state index contributed by atoms with van der Waals surface area (Å²) in [4.78, 5) is 4.51. The average Bonchev–Trinajstić information content (AvgIpc) is 2.99. The molecule has 1 aromatic carbocycles. The third-order valence-corrected chi connectivity index (χ3v) is 5.56. The lowest BCUT2D eigenvalue weighted by Gasteiger charge is -2.10. The van der Waals surface area contributed by atoms with Crippen molar-refractivity contribution in [3.05, 3.63) is 65.6 Å². The maximum atomic E-state index is 12.6. The molecule has 0 aliphatic carbocycles. The van der Waals surface area contributed by atoms with Crippen molar-refractivity contribution < 1.29 is 8.42 Å². The predicted octanol–water partition coefficient (Wildman–Crippen LogP) is 2.58. The second-order valence-electron chi connectivity index (χ2n) is 6.02. The third kappa shape index (κ3) is 3.78. The highest BCUT2D eigenvalue weighted by atomic mass is 32.2. The second-order valence-corrected chi connectivity index (χ2v) is 7.75. The van der Waals surface area contributed by atoms with Crippen LogP contribution in [0.3, 0.4) is 0 Å². The molecule has 0 spiro atoms. The maximum absolute atomic E-state index is 12.6. The van der Waals surface area contributed by atoms with Crippen molar-refractivity contribution in [2.75, 3.05) is 0 Å². The average molecular weight is 356 g/mol. The van der Waals surface area contributed by atoms with Crippen LogP contribution in [0.15, 0.2) is 53.8 Å². The molecule has 25 heavy (non-hydrogen) atoms. The molecule has 0 fully saturated rings. The van der Waals surface area contributed by atoms with Gasteiger partial charge in [-0.2, -0.15) is 5.10 Å². The molecule has 0 saturated heterocycles. The van der Waals surface area contributed by atoms with Gasteiger partial charge in [0.05, 0.1) is 10.6 Å². The molecule has 0 aliphatic heterocycles. The molecule has 0 amide bonds. The van der Waals surface area contributed by atoms with Crippen LogP contribution in [-0.2, 0) is 23.6 Å². The first-order valence-electron chi connectivity index (χ1n) is 7.86. The summed E-state index contributed by atoms with van der Waals surface area (Å²) in [7, 11) is -1.72. The molecule has 0 aliphatic rings. The Balaban J connectivity index is 1.80. The highest BCUT2D eigenvalue weighted by Gasteiger charge is 2.16. The van der Waals surface area contributed by atoms with Gasteiger partial charge < -0.3 is 0 Å². The van der Waals surface area contributed by atoms with Gasteiger partial charge in [-0.05, 0) is 43.2 Å². The fraction of sp³-hybridized carbons (Fsp3) is 0.222. The fourth-order valence-corrected chi connectivity index (χ4v) is 3.98. The van der Waals surface area contributed by atoms with Crippen molar-refractivity contribution >= 4 is 10.0 Å². The minimum absolute atomic E-state index is 0.175. The Labute approximate surface area is 147 Å². The normalized spacial score (nSPS) is 11.6. The van der Waals surface area contributed by atoms with Crippen molar-refractivity contribution in [3.63, 3.8) is 0 Å². The van der Waals surface area contributed by atoms with Gasteiger partial charge in [-0.3, -0.25) is 9.67 Å². The van der Waals surface area contributed by atoms with Crippen LogP contribution in [0.4, 0.5) is 0 Å². The van der Waals surface area contributed by atoms with E-state index in [1.807, 2.05) is 32.2 Å². The van der Waals surface area contributed by atoms with Crippen LogP contribution in [-0.4, -0.2) is 23.2 Å². The smallest absolute Gasteiger partial charge is 0.241 e. The molecule has 0 atom stereocenters. The molecule has 6 nitrogen and oxygen atoms in total. The van der Waals surface area contributed by atoms with Crippen LogP contribution >= 0.6 is 0 Å². The zero-order valence-electron chi connectivity index (χ0n) is 14.4. The summed E-state index contributed by atoms with van der Waals surface area (Å²) in [5.41, 5.74) is 4.36. The van der Waals surface area contributed by atoms with Gasteiger partial charge in [0.25, 0.3) is 0 Å². The standard InChI is InChI=1S/C18H20N4O2S/c1-13-4-5-18(14(2)8-13)25(23,24)21-11-15-9-16(12-19-10-15)17-6-7-20-22(17)3/h4-10,12,21H,11H2,1-3H3. The molecule has 0 radical (unpaired) electrons. The molecule has 130 valence electrons. The number of nitrogens with one attached hydrogen (secondary N) is 1. The molecular weight excluding hydrogens is 336 g/mol. The summed E-state index contributed by atoms with van der Waals surface area (Å²) in [6.45, 7) is 3.91. The zero-order chi connectivity index (χ0) is 18.0. The van der Waals surface area contributed by atoms with Crippen LogP contribution in [0.25, 0.3) is 11.3 Å². The first kappa shape index (κ1) is 17.3. The predicted molar refractivity (Wildman–Crippen MR) is 96.4 cm³/mol. The number of sulfonamides is 1. The molecule has 2 aromatic heterocycles. The fourth-order valence-electron chi connectivity index (χ4n) is 2.74. The number of aryl methyl sites for hydroxylation is 3. The van der Waals surface area contributed by atoms with E-state index in [4.69, 9.17) is 0 Å². The molecule has 1 N–H and O–H groups in total. The first-order valence-corrected chi connectivity index (χ1v) is 9.34. The van der Waals surface area contributed by atoms with Crippen molar-refractivity contribution in [2.45, 2.75) is 25.3 Å². The van der Waals surface area contributed by atoms with Crippen molar-refractivity contribution in [1.29, 1.82) is 0 Å². The Bertz CT molecular complexity index is 1010. The Morgan fingerprint density at radius 3 is 2.60 bits per heavy atom. The molecule has 3 aromatic rings. The molecule has 0 bridgehead atoms. The van der Waals surface area contributed by atoms with Gasteiger partial charge in [0.2, 0.25) is 10.0 Å². The van der Waals surface area contributed by atoms with E-state index in [0.29, 0.717) is 4.90 Å². The molecule has 7 heteroatoms. The molecule has 0 saturated carbocycles. The monoisotopic (exact) mass is 356 g/mol. The lowest BCUT2D eigenvalue weighted by Crippen LogP contribution is -2.24. The van der Waals surface area contributed by atoms with E-state index in [9.17, 15) is 8.42 Å². The summed E-state index contributed by atoms with van der Waals surface area (Å²) in [6.07, 6.45) is 5.11. The second kappa shape index (κ2) is 6.78. The molecule has 2 heterocycles. The topological polar surface area (TPSA) is 76.9 Å². The van der Waals surface area contributed by atoms with Crippen molar-refractivity contribution in [2.24, 2.45) is 7.05 Å². The minimum Gasteiger partial charge on any atom is -0.268 e. The summed E-state index contributed by atoms with van der Waals surface area (Å²) >= 11 is 0. The Hall–Kier alpha value is -2.51. The van der Waals surface area contributed by atoms with E-state index in [1.165, 1.54) is 0 Å². The largest absolute Gasteiger partial charge is 0.268 e. The first-order chi connectivity index (χ1) is 11.9. The number of hydrogen-bond donors (Lipinski definition) is 1. The van der Waals surface area contributed by atoms with Gasteiger partial charge in [-0.1, -0.05) is 17.7 Å². The zero-order valence-corrected chi connectivity index (χ0v) is 15.2. The van der Waals surface area contributed by atoms with E-state index in [1.54, 1.807) is 42.3 Å². The number of aromatic nitrogens is 3. The van der Waals surface area contributed by atoms with Gasteiger partial charge in [-0.15, -0.1) is 0 Å². The van der Waals surface area contributed by atoms with Crippen LogP contribution < -0.4 is 4.72 Å². The van der Waals surface area contributed by atoms with Crippen molar-refractivity contribution in [3.8, 4) is 11.3 Å². The number of hydrogen-bond acceptors (Lipinski definition) is 4. The molecule has 0 unspecified atom stereocenters. The summed E-state index contributed by atoms with van der Waals surface area (Å²) in [5, 5.41) is 4.14. The lowest BCUT2D eigenvalue weighted by atomic mass is 10.1. The SMILES string of the molecule is Cc1ccc(S(=O)(=O)NCc2cncc(-c3ccnn3C)c2)c(C)c1. The van der Waals surface area contributed by atoms with Crippen molar-refractivity contribution in [1.82, 2.24) is 19.5 Å². The number of pyridine rings is 1. The van der Waals surface area contributed by atoms with Crippen LogP contribution in [0.5, 0.6) is 0 Å². The summed E-state index contributed by atoms with van der Waals surface area (Å²) in [6, 6.07) is 9.09. The summed E-state index contributed by atoms with van der Waals surface area (Å²) in [5.74, 6) is 0. The molecular formula is C18H20N4O2S. The van der Waals surface area contributed by atoms with Gasteiger partial charge in [0, 0.05) is 37.7 Å². The Morgan fingerprint density at radius 2 is 1.92 bits per heavy atom.